The van der Waals surface area contributed by atoms with Crippen molar-refractivity contribution >= 4 is 5.91 Å². The molecule has 0 saturated carbocycles. The van der Waals surface area contributed by atoms with Gasteiger partial charge in [0.25, 0.3) is 5.91 Å². The number of hydrogen-bond acceptors (Lipinski definition) is 5. The SMILES string of the molecule is CNCCOc1ccc2c(c1)CN(C(=O)c1cc(C(C)C)c(O)cc1O)C2. The average molecular weight is 370 g/mol. The second kappa shape index (κ2) is 7.88. The van der Waals surface area contributed by atoms with Gasteiger partial charge in [0.05, 0.1) is 5.56 Å². The van der Waals surface area contributed by atoms with Gasteiger partial charge in [0.1, 0.15) is 23.9 Å². The van der Waals surface area contributed by atoms with E-state index >= 15 is 0 Å². The number of rotatable bonds is 6. The van der Waals surface area contributed by atoms with Crippen LogP contribution in [0.4, 0.5) is 0 Å². The van der Waals surface area contributed by atoms with Crippen molar-refractivity contribution < 1.29 is 19.7 Å². The summed E-state index contributed by atoms with van der Waals surface area (Å²) in [5.74, 6) is 0.391. The van der Waals surface area contributed by atoms with Crippen molar-refractivity contribution in [2.45, 2.75) is 32.9 Å². The van der Waals surface area contributed by atoms with E-state index in [1.807, 2.05) is 39.1 Å². The highest BCUT2D eigenvalue weighted by Crippen LogP contribution is 2.34. The van der Waals surface area contributed by atoms with Crippen LogP contribution in [0.15, 0.2) is 30.3 Å². The minimum Gasteiger partial charge on any atom is -0.508 e. The molecule has 1 aliphatic heterocycles. The molecule has 6 nitrogen and oxygen atoms in total. The lowest BCUT2D eigenvalue weighted by atomic mass is 9.98. The number of carbonyl (C=O) groups excluding carboxylic acids is 1. The first kappa shape index (κ1) is 19.0. The monoisotopic (exact) mass is 370 g/mol. The first-order valence-electron chi connectivity index (χ1n) is 9.15. The van der Waals surface area contributed by atoms with Crippen molar-refractivity contribution in [3.63, 3.8) is 0 Å². The first-order chi connectivity index (χ1) is 12.9. The molecular formula is C21H26N2O4. The van der Waals surface area contributed by atoms with E-state index in [1.54, 1.807) is 11.0 Å². The smallest absolute Gasteiger partial charge is 0.258 e. The Morgan fingerprint density at radius 3 is 2.59 bits per heavy atom. The second-order valence-electron chi connectivity index (χ2n) is 7.13. The van der Waals surface area contributed by atoms with E-state index < -0.39 is 0 Å². The summed E-state index contributed by atoms with van der Waals surface area (Å²) < 4.78 is 5.69. The molecule has 1 aliphatic rings. The predicted octanol–water partition coefficient (Wildman–Crippen LogP) is 2.98. The lowest BCUT2D eigenvalue weighted by molar-refractivity contribution is 0.0748. The summed E-state index contributed by atoms with van der Waals surface area (Å²) in [6, 6.07) is 8.70. The van der Waals surface area contributed by atoms with E-state index in [0.717, 1.165) is 23.4 Å². The fourth-order valence-electron chi connectivity index (χ4n) is 3.27. The molecule has 0 spiro atoms. The summed E-state index contributed by atoms with van der Waals surface area (Å²) in [4.78, 5) is 14.7. The van der Waals surface area contributed by atoms with Crippen LogP contribution in [0.2, 0.25) is 0 Å². The molecule has 0 aliphatic carbocycles. The van der Waals surface area contributed by atoms with Crippen LogP contribution in [-0.4, -0.2) is 41.2 Å². The van der Waals surface area contributed by atoms with Gasteiger partial charge in [-0.05, 0) is 47.9 Å². The number of fused-ring (bicyclic) bond motifs is 1. The molecule has 2 aromatic carbocycles. The number of amides is 1. The number of carbonyl (C=O) groups is 1. The summed E-state index contributed by atoms with van der Waals surface area (Å²) in [5.41, 5.74) is 2.99. The molecule has 1 heterocycles. The zero-order valence-electron chi connectivity index (χ0n) is 16.0. The maximum Gasteiger partial charge on any atom is 0.258 e. The van der Waals surface area contributed by atoms with Crippen molar-refractivity contribution in [2.24, 2.45) is 0 Å². The third-order valence-electron chi connectivity index (χ3n) is 4.81. The Bertz CT molecular complexity index is 848. The quantitative estimate of drug-likeness (QED) is 0.681. The normalized spacial score (nSPS) is 13.1. The number of phenolic OH excluding ortho intramolecular Hbond substituents is 2. The number of ether oxygens (including phenoxy) is 1. The molecule has 6 heteroatoms. The largest absolute Gasteiger partial charge is 0.508 e. The third-order valence-corrected chi connectivity index (χ3v) is 4.81. The molecule has 2 aromatic rings. The number of benzene rings is 2. The zero-order valence-corrected chi connectivity index (χ0v) is 16.0. The average Bonchev–Trinajstić information content (AvgIpc) is 3.04. The summed E-state index contributed by atoms with van der Waals surface area (Å²) in [6.07, 6.45) is 0. The number of nitrogens with one attached hydrogen (secondary N) is 1. The van der Waals surface area contributed by atoms with E-state index in [2.05, 4.69) is 5.32 Å². The first-order valence-corrected chi connectivity index (χ1v) is 9.15. The third kappa shape index (κ3) is 4.01. The van der Waals surface area contributed by atoms with Crippen LogP contribution < -0.4 is 10.1 Å². The van der Waals surface area contributed by atoms with Crippen molar-refractivity contribution in [2.75, 3.05) is 20.2 Å². The number of hydrogen-bond donors (Lipinski definition) is 3. The van der Waals surface area contributed by atoms with E-state index in [9.17, 15) is 15.0 Å². The molecule has 1 amide bonds. The van der Waals surface area contributed by atoms with Gasteiger partial charge in [-0.2, -0.15) is 0 Å². The van der Waals surface area contributed by atoms with E-state index in [1.165, 1.54) is 6.07 Å². The topological polar surface area (TPSA) is 82.0 Å². The summed E-state index contributed by atoms with van der Waals surface area (Å²) in [7, 11) is 1.87. The van der Waals surface area contributed by atoms with Gasteiger partial charge in [-0.1, -0.05) is 19.9 Å². The Hall–Kier alpha value is -2.73. The lowest BCUT2D eigenvalue weighted by Gasteiger charge is -2.18. The summed E-state index contributed by atoms with van der Waals surface area (Å²) >= 11 is 0. The number of likely N-dealkylation sites (N-methyl/N-ethyl adjacent to an activating group) is 1. The molecule has 3 rings (SSSR count). The van der Waals surface area contributed by atoms with E-state index in [4.69, 9.17) is 4.74 Å². The summed E-state index contributed by atoms with van der Waals surface area (Å²) in [5, 5.41) is 23.2. The molecule has 144 valence electrons. The second-order valence-corrected chi connectivity index (χ2v) is 7.13. The Labute approximate surface area is 159 Å². The maximum absolute atomic E-state index is 13.0. The molecule has 3 N–H and O–H groups in total. The van der Waals surface area contributed by atoms with Crippen molar-refractivity contribution in [1.82, 2.24) is 10.2 Å². The number of aromatic hydroxyl groups is 2. The molecule has 0 radical (unpaired) electrons. The van der Waals surface area contributed by atoms with Gasteiger partial charge in [-0.15, -0.1) is 0 Å². The van der Waals surface area contributed by atoms with Gasteiger partial charge >= 0.3 is 0 Å². The highest BCUT2D eigenvalue weighted by Gasteiger charge is 2.27. The molecule has 0 atom stereocenters. The van der Waals surface area contributed by atoms with Crippen LogP contribution in [0, 0.1) is 0 Å². The molecule has 27 heavy (non-hydrogen) atoms. The van der Waals surface area contributed by atoms with E-state index in [0.29, 0.717) is 25.3 Å². The van der Waals surface area contributed by atoms with Gasteiger partial charge in [0, 0.05) is 25.7 Å². The Morgan fingerprint density at radius 1 is 1.15 bits per heavy atom. The highest BCUT2D eigenvalue weighted by atomic mass is 16.5. The van der Waals surface area contributed by atoms with Crippen LogP contribution in [0.25, 0.3) is 0 Å². The molecule has 0 saturated heterocycles. The van der Waals surface area contributed by atoms with Crippen molar-refractivity contribution in [3.8, 4) is 17.2 Å². The van der Waals surface area contributed by atoms with Crippen LogP contribution in [0.1, 0.15) is 46.8 Å². The Balaban J connectivity index is 1.78. The lowest BCUT2D eigenvalue weighted by Crippen LogP contribution is -2.25. The van der Waals surface area contributed by atoms with Gasteiger partial charge in [-0.3, -0.25) is 4.79 Å². The van der Waals surface area contributed by atoms with Gasteiger partial charge in [0.2, 0.25) is 0 Å². The van der Waals surface area contributed by atoms with Gasteiger partial charge < -0.3 is 25.2 Å². The van der Waals surface area contributed by atoms with Crippen LogP contribution in [-0.2, 0) is 13.1 Å². The molecule has 0 fully saturated rings. The Morgan fingerprint density at radius 2 is 1.89 bits per heavy atom. The van der Waals surface area contributed by atoms with Crippen LogP contribution >= 0.6 is 0 Å². The minimum absolute atomic E-state index is 0.00659. The predicted molar refractivity (Wildman–Crippen MR) is 103 cm³/mol. The highest BCUT2D eigenvalue weighted by molar-refractivity contribution is 5.97. The van der Waals surface area contributed by atoms with Crippen LogP contribution in [0.5, 0.6) is 17.2 Å². The number of phenols is 2. The standard InChI is InChI=1S/C21H26N2O4/c1-13(2)17-9-18(20(25)10-19(17)24)21(26)23-11-14-4-5-16(8-15(14)12-23)27-7-6-22-3/h4-5,8-10,13,22,24-25H,6-7,11-12H2,1-3H3. The fraction of sp³-hybridized carbons (Fsp3) is 0.381. The minimum atomic E-state index is -0.247. The van der Waals surface area contributed by atoms with Gasteiger partial charge in [-0.25, -0.2) is 0 Å². The van der Waals surface area contributed by atoms with Crippen molar-refractivity contribution in [1.29, 1.82) is 0 Å². The maximum atomic E-state index is 13.0. The molecular weight excluding hydrogens is 344 g/mol. The van der Waals surface area contributed by atoms with Crippen LogP contribution in [0.3, 0.4) is 0 Å². The van der Waals surface area contributed by atoms with Gasteiger partial charge in [0.15, 0.2) is 0 Å². The van der Waals surface area contributed by atoms with Crippen molar-refractivity contribution in [3.05, 3.63) is 52.6 Å². The molecule has 0 unspecified atom stereocenters. The number of nitrogens with zero attached hydrogens (tertiary/aromatic N) is 1. The fourth-order valence-corrected chi connectivity index (χ4v) is 3.27. The zero-order chi connectivity index (χ0) is 19.6. The Kier molecular flexibility index (Phi) is 5.56. The van der Waals surface area contributed by atoms with E-state index in [-0.39, 0.29) is 28.9 Å². The molecule has 0 bridgehead atoms. The summed E-state index contributed by atoms with van der Waals surface area (Å²) in [6.45, 7) is 6.16. The molecule has 0 aromatic heterocycles.